The maximum absolute atomic E-state index is 12.9. The molecule has 1 aromatic rings. The fourth-order valence-electron chi connectivity index (χ4n) is 2.23. The van der Waals surface area contributed by atoms with E-state index < -0.39 is 0 Å². The topological polar surface area (TPSA) is 38.0 Å². The van der Waals surface area contributed by atoms with Crippen molar-refractivity contribution in [2.45, 2.75) is 45.6 Å². The quantitative estimate of drug-likeness (QED) is 0.758. The number of hydrogen-bond donors (Lipinski definition) is 2. The maximum Gasteiger partial charge on any atom is 0.123 e. The van der Waals surface area contributed by atoms with Crippen LogP contribution >= 0.6 is 0 Å². The lowest BCUT2D eigenvalue weighted by Crippen LogP contribution is -2.51. The van der Waals surface area contributed by atoms with Gasteiger partial charge in [-0.15, -0.1) is 0 Å². The molecule has 3 heteroatoms. The Hall–Kier alpha value is -0.930. The summed E-state index contributed by atoms with van der Waals surface area (Å²) in [4.78, 5) is 0. The van der Waals surface area contributed by atoms with Gasteiger partial charge in [0.25, 0.3) is 0 Å². The largest absolute Gasteiger partial charge is 0.329 e. The Bertz CT molecular complexity index is 360. The number of nitrogens with two attached hydrogens (primary N) is 1. The molecular formula is C16H27FN2. The van der Waals surface area contributed by atoms with Crippen LogP contribution in [-0.4, -0.2) is 18.6 Å². The first kappa shape index (κ1) is 16.1. The van der Waals surface area contributed by atoms with E-state index in [9.17, 15) is 4.39 Å². The number of halogens is 1. The summed E-state index contributed by atoms with van der Waals surface area (Å²) in [6, 6.07) is 6.68. The summed E-state index contributed by atoms with van der Waals surface area (Å²) in [6.45, 7) is 8.14. The highest BCUT2D eigenvalue weighted by Crippen LogP contribution is 2.15. The second-order valence-corrected chi connectivity index (χ2v) is 5.63. The fourth-order valence-corrected chi connectivity index (χ4v) is 2.23. The molecule has 0 aliphatic rings. The van der Waals surface area contributed by atoms with Gasteiger partial charge < -0.3 is 11.1 Å². The smallest absolute Gasteiger partial charge is 0.123 e. The van der Waals surface area contributed by atoms with E-state index in [1.807, 2.05) is 12.1 Å². The van der Waals surface area contributed by atoms with Crippen molar-refractivity contribution in [1.82, 2.24) is 5.32 Å². The maximum atomic E-state index is 12.9. The predicted octanol–water partition coefficient (Wildman–Crippen LogP) is 3.11. The second kappa shape index (κ2) is 7.61. The van der Waals surface area contributed by atoms with Crippen LogP contribution in [0.5, 0.6) is 0 Å². The third kappa shape index (κ3) is 5.29. The van der Waals surface area contributed by atoms with Gasteiger partial charge in [-0.3, -0.25) is 0 Å². The van der Waals surface area contributed by atoms with E-state index >= 15 is 0 Å². The van der Waals surface area contributed by atoms with Gasteiger partial charge in [-0.25, -0.2) is 4.39 Å². The molecule has 0 saturated carbocycles. The van der Waals surface area contributed by atoms with Gasteiger partial charge in [0.1, 0.15) is 5.82 Å². The minimum absolute atomic E-state index is 0.125. The molecule has 2 nitrogen and oxygen atoms in total. The summed E-state index contributed by atoms with van der Waals surface area (Å²) in [5.74, 6) is 0.502. The molecule has 108 valence electrons. The molecule has 0 aliphatic carbocycles. The molecule has 0 aliphatic heterocycles. The summed E-state index contributed by atoms with van der Waals surface area (Å²) in [7, 11) is 0. The van der Waals surface area contributed by atoms with E-state index in [0.717, 1.165) is 18.5 Å². The summed E-state index contributed by atoms with van der Waals surface area (Å²) in [5.41, 5.74) is 6.91. The molecule has 0 aromatic heterocycles. The van der Waals surface area contributed by atoms with Crippen molar-refractivity contribution in [1.29, 1.82) is 0 Å². The summed E-state index contributed by atoms with van der Waals surface area (Å²) >= 11 is 0. The minimum Gasteiger partial charge on any atom is -0.329 e. The molecule has 0 heterocycles. The highest BCUT2D eigenvalue weighted by atomic mass is 19.1. The molecule has 3 N–H and O–H groups in total. The Morgan fingerprint density at radius 3 is 2.26 bits per heavy atom. The van der Waals surface area contributed by atoms with Crippen LogP contribution in [0.3, 0.4) is 0 Å². The average molecular weight is 266 g/mol. The average Bonchev–Trinajstić information content (AvgIpc) is 2.42. The van der Waals surface area contributed by atoms with Crippen LogP contribution in [0, 0.1) is 11.7 Å². The van der Waals surface area contributed by atoms with Gasteiger partial charge in [-0.05, 0) is 43.5 Å². The van der Waals surface area contributed by atoms with E-state index in [1.54, 1.807) is 0 Å². The van der Waals surface area contributed by atoms with Crippen molar-refractivity contribution in [3.8, 4) is 0 Å². The van der Waals surface area contributed by atoms with E-state index in [4.69, 9.17) is 5.73 Å². The lowest BCUT2D eigenvalue weighted by Gasteiger charge is -2.31. The SMILES string of the molecule is CCC(CC)CNC(C)(CN)Cc1ccc(F)cc1. The van der Waals surface area contributed by atoms with Crippen LogP contribution in [0.15, 0.2) is 24.3 Å². The third-order valence-electron chi connectivity index (χ3n) is 3.93. The zero-order valence-corrected chi connectivity index (χ0v) is 12.4. The molecule has 1 unspecified atom stereocenters. The predicted molar refractivity (Wildman–Crippen MR) is 79.6 cm³/mol. The van der Waals surface area contributed by atoms with Gasteiger partial charge in [0.15, 0.2) is 0 Å². The van der Waals surface area contributed by atoms with Crippen molar-refractivity contribution in [2.75, 3.05) is 13.1 Å². The van der Waals surface area contributed by atoms with Gasteiger partial charge >= 0.3 is 0 Å². The second-order valence-electron chi connectivity index (χ2n) is 5.63. The zero-order chi connectivity index (χ0) is 14.3. The van der Waals surface area contributed by atoms with Gasteiger partial charge in [0.2, 0.25) is 0 Å². The van der Waals surface area contributed by atoms with Crippen LogP contribution < -0.4 is 11.1 Å². The molecule has 1 rings (SSSR count). The highest BCUT2D eigenvalue weighted by Gasteiger charge is 2.23. The molecule has 0 saturated heterocycles. The molecule has 0 amide bonds. The number of nitrogens with one attached hydrogen (secondary N) is 1. The first-order chi connectivity index (χ1) is 9.03. The Morgan fingerprint density at radius 2 is 1.79 bits per heavy atom. The molecule has 0 radical (unpaired) electrons. The number of benzene rings is 1. The van der Waals surface area contributed by atoms with Gasteiger partial charge in [-0.2, -0.15) is 0 Å². The fraction of sp³-hybridized carbons (Fsp3) is 0.625. The molecule has 0 fully saturated rings. The van der Waals surface area contributed by atoms with Crippen molar-refractivity contribution in [3.63, 3.8) is 0 Å². The van der Waals surface area contributed by atoms with Gasteiger partial charge in [0, 0.05) is 12.1 Å². The lowest BCUT2D eigenvalue weighted by molar-refractivity contribution is 0.319. The Balaban J connectivity index is 2.61. The first-order valence-electron chi connectivity index (χ1n) is 7.22. The van der Waals surface area contributed by atoms with E-state index in [1.165, 1.54) is 25.0 Å². The molecule has 1 atom stereocenters. The number of hydrogen-bond acceptors (Lipinski definition) is 2. The molecule has 1 aromatic carbocycles. The van der Waals surface area contributed by atoms with Crippen LogP contribution in [0.25, 0.3) is 0 Å². The Labute approximate surface area is 116 Å². The van der Waals surface area contributed by atoms with Crippen LogP contribution in [0.2, 0.25) is 0 Å². The molecule has 0 spiro atoms. The van der Waals surface area contributed by atoms with Crippen LogP contribution in [-0.2, 0) is 6.42 Å². The van der Waals surface area contributed by atoms with E-state index in [-0.39, 0.29) is 11.4 Å². The zero-order valence-electron chi connectivity index (χ0n) is 12.4. The van der Waals surface area contributed by atoms with E-state index in [0.29, 0.717) is 12.5 Å². The van der Waals surface area contributed by atoms with E-state index in [2.05, 4.69) is 26.1 Å². The third-order valence-corrected chi connectivity index (χ3v) is 3.93. The molecule has 19 heavy (non-hydrogen) atoms. The molecular weight excluding hydrogens is 239 g/mol. The van der Waals surface area contributed by atoms with Crippen LogP contribution in [0.1, 0.15) is 39.2 Å². The standard InChI is InChI=1S/C16H27FN2/c1-4-13(5-2)11-19-16(3,12-18)10-14-6-8-15(17)9-7-14/h6-9,13,19H,4-5,10-12,18H2,1-3H3. The van der Waals surface area contributed by atoms with Crippen LogP contribution in [0.4, 0.5) is 4.39 Å². The summed E-state index contributed by atoms with van der Waals surface area (Å²) < 4.78 is 12.9. The highest BCUT2D eigenvalue weighted by molar-refractivity contribution is 5.19. The Morgan fingerprint density at radius 1 is 1.21 bits per heavy atom. The van der Waals surface area contributed by atoms with Crippen molar-refractivity contribution in [2.24, 2.45) is 11.7 Å². The summed E-state index contributed by atoms with van der Waals surface area (Å²) in [6.07, 6.45) is 3.19. The number of rotatable bonds is 8. The Kier molecular flexibility index (Phi) is 6.46. The minimum atomic E-state index is -0.191. The normalized spacial score (nSPS) is 14.6. The van der Waals surface area contributed by atoms with Gasteiger partial charge in [-0.1, -0.05) is 38.8 Å². The van der Waals surface area contributed by atoms with Gasteiger partial charge in [0.05, 0.1) is 0 Å². The van der Waals surface area contributed by atoms with Crippen molar-refractivity contribution < 1.29 is 4.39 Å². The first-order valence-corrected chi connectivity index (χ1v) is 7.22. The van der Waals surface area contributed by atoms with Crippen molar-refractivity contribution >= 4 is 0 Å². The lowest BCUT2D eigenvalue weighted by atomic mass is 9.91. The monoisotopic (exact) mass is 266 g/mol. The van der Waals surface area contributed by atoms with Crippen molar-refractivity contribution in [3.05, 3.63) is 35.6 Å². The summed E-state index contributed by atoms with van der Waals surface area (Å²) in [5, 5.41) is 3.59. The molecule has 0 bridgehead atoms.